The minimum Gasteiger partial charge on any atom is -0.493 e. The molecule has 1 N–H and O–H groups in total. The summed E-state index contributed by atoms with van der Waals surface area (Å²) >= 11 is 0. The highest BCUT2D eigenvalue weighted by Crippen LogP contribution is 2.29. The van der Waals surface area contributed by atoms with Gasteiger partial charge in [0.05, 0.1) is 7.11 Å². The Balaban J connectivity index is 1.52. The molecule has 0 unspecified atom stereocenters. The van der Waals surface area contributed by atoms with Crippen LogP contribution in [0.4, 0.5) is 0 Å². The Kier molecular flexibility index (Phi) is 9.78. The molecule has 6 heteroatoms. The number of aliphatic hydroxyl groups is 1. The summed E-state index contributed by atoms with van der Waals surface area (Å²) in [6.07, 6.45) is 9.53. The van der Waals surface area contributed by atoms with E-state index in [9.17, 15) is 5.11 Å². The molecule has 0 saturated heterocycles. The Hall–Kier alpha value is -2.15. The van der Waals surface area contributed by atoms with Crippen molar-refractivity contribution in [2.45, 2.75) is 64.3 Å². The Morgan fingerprint density at radius 1 is 1.03 bits per heavy atom. The summed E-state index contributed by atoms with van der Waals surface area (Å²) in [5, 5.41) is 10.5. The summed E-state index contributed by atoms with van der Waals surface area (Å²) in [6.45, 7) is 5.71. The van der Waals surface area contributed by atoms with Crippen molar-refractivity contribution in [2.75, 3.05) is 33.9 Å². The van der Waals surface area contributed by atoms with E-state index < -0.39 is 6.10 Å². The predicted molar refractivity (Wildman–Crippen MR) is 128 cm³/mol. The van der Waals surface area contributed by atoms with Crippen molar-refractivity contribution in [3.63, 3.8) is 0 Å². The molecule has 1 aromatic heterocycles. The van der Waals surface area contributed by atoms with Gasteiger partial charge >= 0.3 is 0 Å². The van der Waals surface area contributed by atoms with Crippen LogP contribution in [0.2, 0.25) is 0 Å². The Bertz CT molecular complexity index is 796. The molecular weight excluding hydrogens is 402 g/mol. The highest BCUT2D eigenvalue weighted by atomic mass is 16.5. The molecule has 1 aromatic carbocycles. The molecule has 0 aliphatic heterocycles. The van der Waals surface area contributed by atoms with E-state index in [1.54, 1.807) is 7.11 Å². The summed E-state index contributed by atoms with van der Waals surface area (Å²) in [4.78, 5) is 8.75. The van der Waals surface area contributed by atoms with E-state index in [0.717, 1.165) is 19.6 Å². The minimum atomic E-state index is -0.526. The zero-order valence-corrected chi connectivity index (χ0v) is 19.9. The van der Waals surface area contributed by atoms with E-state index in [4.69, 9.17) is 9.47 Å². The summed E-state index contributed by atoms with van der Waals surface area (Å²) in [5.41, 5.74) is 2.42. The predicted octanol–water partition coefficient (Wildman–Crippen LogP) is 4.12. The molecule has 1 heterocycles. The number of nitrogens with zero attached hydrogens (tertiary/aromatic N) is 3. The first-order valence-electron chi connectivity index (χ1n) is 11.9. The maximum atomic E-state index is 10.5. The summed E-state index contributed by atoms with van der Waals surface area (Å²) in [6, 6.07) is 10.7. The lowest BCUT2D eigenvalue weighted by atomic mass is 9.94. The number of benzene rings is 1. The lowest BCUT2D eigenvalue weighted by Crippen LogP contribution is -2.40. The second-order valence-electron chi connectivity index (χ2n) is 8.84. The number of rotatable bonds is 12. The molecule has 2 aromatic rings. The monoisotopic (exact) mass is 441 g/mol. The molecule has 0 radical (unpaired) electrons. The van der Waals surface area contributed by atoms with Gasteiger partial charge in [0.1, 0.15) is 12.7 Å². The largest absolute Gasteiger partial charge is 0.493 e. The molecule has 1 aliphatic rings. The van der Waals surface area contributed by atoms with Crippen LogP contribution in [0.15, 0.2) is 42.7 Å². The van der Waals surface area contributed by atoms with Crippen molar-refractivity contribution in [1.82, 2.24) is 14.8 Å². The number of ether oxygens (including phenoxy) is 2. The van der Waals surface area contributed by atoms with Gasteiger partial charge in [-0.1, -0.05) is 32.3 Å². The van der Waals surface area contributed by atoms with Gasteiger partial charge in [0.15, 0.2) is 11.5 Å². The molecular formula is C26H39N3O3. The molecule has 1 atom stereocenters. The smallest absolute Gasteiger partial charge is 0.161 e. The standard InChI is InChI=1S/C26H39N3O3/c1-4-29(17-21-12-14-27-15-13-21)18-22-10-11-25(26(16-22)31-3)32-20-24(30)19-28(2)23-8-6-5-7-9-23/h10-16,23-24,30H,4-9,17-20H2,1-3H3/t24-/m0/s1. The number of pyridine rings is 1. The first-order chi connectivity index (χ1) is 15.6. The van der Waals surface area contributed by atoms with Gasteiger partial charge in [-0.2, -0.15) is 0 Å². The summed E-state index contributed by atoms with van der Waals surface area (Å²) < 4.78 is 11.5. The molecule has 6 nitrogen and oxygen atoms in total. The van der Waals surface area contributed by atoms with E-state index in [0.29, 0.717) is 24.1 Å². The molecule has 0 amide bonds. The average Bonchev–Trinajstić information content (AvgIpc) is 2.83. The second kappa shape index (κ2) is 12.8. The average molecular weight is 442 g/mol. The van der Waals surface area contributed by atoms with Crippen LogP contribution in [0, 0.1) is 0 Å². The zero-order valence-electron chi connectivity index (χ0n) is 19.9. The van der Waals surface area contributed by atoms with Gasteiger partial charge in [0.2, 0.25) is 0 Å². The van der Waals surface area contributed by atoms with Crippen LogP contribution in [0.1, 0.15) is 50.2 Å². The van der Waals surface area contributed by atoms with Gasteiger partial charge in [-0.05, 0) is 61.8 Å². The maximum absolute atomic E-state index is 10.5. The SMILES string of the molecule is CCN(Cc1ccncc1)Cc1ccc(OC[C@@H](O)CN(C)C2CCCCC2)c(OC)c1. The van der Waals surface area contributed by atoms with Crippen LogP contribution in [0.5, 0.6) is 11.5 Å². The highest BCUT2D eigenvalue weighted by Gasteiger charge is 2.20. The number of methoxy groups -OCH3 is 1. The first kappa shape index (κ1) is 24.5. The second-order valence-corrected chi connectivity index (χ2v) is 8.84. The molecule has 1 saturated carbocycles. The number of likely N-dealkylation sites (N-methyl/N-ethyl adjacent to an activating group) is 1. The lowest BCUT2D eigenvalue weighted by Gasteiger charge is -2.32. The summed E-state index contributed by atoms with van der Waals surface area (Å²) in [5.74, 6) is 1.38. The van der Waals surface area contributed by atoms with Crippen LogP contribution in [-0.2, 0) is 13.1 Å². The quantitative estimate of drug-likeness (QED) is 0.535. The first-order valence-corrected chi connectivity index (χ1v) is 11.9. The number of aliphatic hydroxyl groups excluding tert-OH is 1. The lowest BCUT2D eigenvalue weighted by molar-refractivity contribution is 0.0553. The van der Waals surface area contributed by atoms with E-state index in [1.165, 1.54) is 43.2 Å². The molecule has 176 valence electrons. The Labute approximate surface area is 193 Å². The van der Waals surface area contributed by atoms with Crippen LogP contribution in [0.3, 0.4) is 0 Å². The molecule has 1 aliphatic carbocycles. The number of aromatic nitrogens is 1. The van der Waals surface area contributed by atoms with E-state index >= 15 is 0 Å². The number of hydrogen-bond donors (Lipinski definition) is 1. The van der Waals surface area contributed by atoms with Gasteiger partial charge in [0, 0.05) is 38.1 Å². The normalized spacial score (nSPS) is 15.8. The zero-order chi connectivity index (χ0) is 22.8. The maximum Gasteiger partial charge on any atom is 0.161 e. The Morgan fingerprint density at radius 3 is 2.44 bits per heavy atom. The van der Waals surface area contributed by atoms with Crippen molar-refractivity contribution in [3.05, 3.63) is 53.9 Å². The molecule has 1 fully saturated rings. The van der Waals surface area contributed by atoms with E-state index in [1.807, 2.05) is 24.5 Å². The highest BCUT2D eigenvalue weighted by molar-refractivity contribution is 5.43. The van der Waals surface area contributed by atoms with E-state index in [2.05, 4.69) is 47.0 Å². The van der Waals surface area contributed by atoms with Crippen molar-refractivity contribution in [3.8, 4) is 11.5 Å². The van der Waals surface area contributed by atoms with Crippen LogP contribution < -0.4 is 9.47 Å². The van der Waals surface area contributed by atoms with E-state index in [-0.39, 0.29) is 6.61 Å². The minimum absolute atomic E-state index is 0.260. The van der Waals surface area contributed by atoms with Crippen molar-refractivity contribution < 1.29 is 14.6 Å². The topological polar surface area (TPSA) is 58.1 Å². The van der Waals surface area contributed by atoms with Crippen molar-refractivity contribution in [1.29, 1.82) is 0 Å². The van der Waals surface area contributed by atoms with Crippen molar-refractivity contribution in [2.24, 2.45) is 0 Å². The molecule has 32 heavy (non-hydrogen) atoms. The van der Waals surface area contributed by atoms with Gasteiger partial charge in [-0.3, -0.25) is 9.88 Å². The molecule has 0 spiro atoms. The molecule has 0 bridgehead atoms. The fraction of sp³-hybridized carbons (Fsp3) is 0.577. The molecule has 3 rings (SSSR count). The van der Waals surface area contributed by atoms with Gasteiger partial charge < -0.3 is 19.5 Å². The third-order valence-corrected chi connectivity index (χ3v) is 6.36. The van der Waals surface area contributed by atoms with Gasteiger partial charge in [-0.25, -0.2) is 0 Å². The van der Waals surface area contributed by atoms with Crippen molar-refractivity contribution >= 4 is 0 Å². The Morgan fingerprint density at radius 2 is 1.75 bits per heavy atom. The fourth-order valence-electron chi connectivity index (χ4n) is 4.46. The van der Waals surface area contributed by atoms with Crippen LogP contribution in [-0.4, -0.2) is 65.9 Å². The third-order valence-electron chi connectivity index (χ3n) is 6.36. The summed E-state index contributed by atoms with van der Waals surface area (Å²) in [7, 11) is 3.77. The van der Waals surface area contributed by atoms with Gasteiger partial charge in [-0.15, -0.1) is 0 Å². The van der Waals surface area contributed by atoms with Crippen LogP contribution in [0.25, 0.3) is 0 Å². The van der Waals surface area contributed by atoms with Gasteiger partial charge in [0.25, 0.3) is 0 Å². The number of hydrogen-bond acceptors (Lipinski definition) is 6. The third kappa shape index (κ3) is 7.47. The fourth-order valence-corrected chi connectivity index (χ4v) is 4.46. The van der Waals surface area contributed by atoms with Crippen LogP contribution >= 0.6 is 0 Å².